The largest absolute Gasteiger partial charge is 0.384 e. The van der Waals surface area contributed by atoms with Gasteiger partial charge in [-0.3, -0.25) is 4.98 Å². The van der Waals surface area contributed by atoms with Crippen molar-refractivity contribution in [3.63, 3.8) is 0 Å². The molecule has 2 aromatic rings. The van der Waals surface area contributed by atoms with Crippen molar-refractivity contribution in [1.82, 2.24) is 4.98 Å². The quantitative estimate of drug-likeness (QED) is 0.817. The lowest BCUT2D eigenvalue weighted by Gasteiger charge is -2.08. The molecule has 72 valence electrons. The molecule has 0 aliphatic rings. The van der Waals surface area contributed by atoms with Gasteiger partial charge in [0, 0.05) is 18.0 Å². The fraction of sp³-hybridized carbons (Fsp3) is 0.182. The normalized spacial score (nSPS) is 12.7. The van der Waals surface area contributed by atoms with Crippen molar-refractivity contribution in [2.75, 3.05) is 0 Å². The summed E-state index contributed by atoms with van der Waals surface area (Å²) in [5.41, 5.74) is 2.85. The summed E-state index contributed by atoms with van der Waals surface area (Å²) in [6.45, 7) is 1.97. The molecule has 0 aromatic carbocycles. The maximum atomic E-state index is 9.97. The molecule has 0 saturated carbocycles. The van der Waals surface area contributed by atoms with Gasteiger partial charge in [0.25, 0.3) is 0 Å². The van der Waals surface area contributed by atoms with Gasteiger partial charge in [-0.15, -0.1) is 0 Å². The number of thiophene rings is 1. The van der Waals surface area contributed by atoms with Crippen molar-refractivity contribution in [3.05, 3.63) is 52.0 Å². The fourth-order valence-electron chi connectivity index (χ4n) is 1.35. The predicted molar refractivity (Wildman–Crippen MR) is 57.4 cm³/mol. The number of aryl methyl sites for hydroxylation is 1. The molecular formula is C11H11NOS. The molecule has 0 aliphatic carbocycles. The van der Waals surface area contributed by atoms with Crippen LogP contribution >= 0.6 is 11.3 Å². The third-order valence-corrected chi connectivity index (χ3v) is 2.77. The molecule has 14 heavy (non-hydrogen) atoms. The van der Waals surface area contributed by atoms with Gasteiger partial charge in [0.15, 0.2) is 0 Å². The van der Waals surface area contributed by atoms with Crippen LogP contribution in [0.1, 0.15) is 22.8 Å². The second kappa shape index (κ2) is 3.90. The predicted octanol–water partition coefficient (Wildman–Crippen LogP) is 2.53. The van der Waals surface area contributed by atoms with Gasteiger partial charge in [-0.25, -0.2) is 0 Å². The SMILES string of the molecule is Cc1cncc(C(O)c2ccsc2)c1. The van der Waals surface area contributed by atoms with E-state index in [9.17, 15) is 5.11 Å². The van der Waals surface area contributed by atoms with Crippen LogP contribution in [-0.2, 0) is 0 Å². The number of aliphatic hydroxyl groups is 1. The third kappa shape index (κ3) is 1.84. The Morgan fingerprint density at radius 2 is 2.21 bits per heavy atom. The van der Waals surface area contributed by atoms with E-state index in [1.165, 1.54) is 0 Å². The first kappa shape index (κ1) is 9.37. The lowest BCUT2D eigenvalue weighted by molar-refractivity contribution is 0.220. The van der Waals surface area contributed by atoms with E-state index >= 15 is 0 Å². The molecule has 0 bridgehead atoms. The molecule has 2 nitrogen and oxygen atoms in total. The van der Waals surface area contributed by atoms with Gasteiger partial charge in [-0.1, -0.05) is 6.07 Å². The van der Waals surface area contributed by atoms with E-state index in [1.54, 1.807) is 23.7 Å². The highest BCUT2D eigenvalue weighted by atomic mass is 32.1. The number of hydrogen-bond donors (Lipinski definition) is 1. The minimum Gasteiger partial charge on any atom is -0.384 e. The smallest absolute Gasteiger partial charge is 0.106 e. The zero-order chi connectivity index (χ0) is 9.97. The minimum absolute atomic E-state index is 0.548. The second-order valence-corrected chi connectivity index (χ2v) is 4.03. The highest BCUT2D eigenvalue weighted by molar-refractivity contribution is 7.07. The Morgan fingerprint density at radius 3 is 2.86 bits per heavy atom. The van der Waals surface area contributed by atoms with E-state index in [0.29, 0.717) is 0 Å². The van der Waals surface area contributed by atoms with Crippen LogP contribution in [0.15, 0.2) is 35.3 Å². The number of aromatic nitrogens is 1. The Labute approximate surface area is 86.9 Å². The van der Waals surface area contributed by atoms with Crippen LogP contribution in [0.3, 0.4) is 0 Å². The molecule has 1 atom stereocenters. The Hall–Kier alpha value is -1.19. The van der Waals surface area contributed by atoms with Crippen molar-refractivity contribution in [3.8, 4) is 0 Å². The number of pyridine rings is 1. The van der Waals surface area contributed by atoms with Crippen LogP contribution in [0.2, 0.25) is 0 Å². The highest BCUT2D eigenvalue weighted by Gasteiger charge is 2.10. The van der Waals surface area contributed by atoms with Crippen LogP contribution in [0.5, 0.6) is 0 Å². The standard InChI is InChI=1S/C11H11NOS/c1-8-4-10(6-12-5-8)11(13)9-2-3-14-7-9/h2-7,11,13H,1H3. The molecule has 0 spiro atoms. The maximum Gasteiger partial charge on any atom is 0.106 e. The molecule has 2 heterocycles. The lowest BCUT2D eigenvalue weighted by atomic mass is 10.1. The molecule has 0 amide bonds. The first-order valence-corrected chi connectivity index (χ1v) is 5.33. The lowest BCUT2D eigenvalue weighted by Crippen LogP contribution is -1.98. The van der Waals surface area contributed by atoms with Gasteiger partial charge in [-0.05, 0) is 34.9 Å². The van der Waals surface area contributed by atoms with Crippen LogP contribution < -0.4 is 0 Å². The Balaban J connectivity index is 2.32. The van der Waals surface area contributed by atoms with Crippen LogP contribution in [-0.4, -0.2) is 10.1 Å². The fourth-order valence-corrected chi connectivity index (χ4v) is 2.03. The summed E-state index contributed by atoms with van der Waals surface area (Å²) in [6, 6.07) is 3.88. The molecule has 1 unspecified atom stereocenters. The van der Waals surface area contributed by atoms with Gasteiger partial charge in [0.1, 0.15) is 6.10 Å². The topological polar surface area (TPSA) is 33.1 Å². The first-order valence-electron chi connectivity index (χ1n) is 4.39. The highest BCUT2D eigenvalue weighted by Crippen LogP contribution is 2.23. The number of aliphatic hydroxyl groups excluding tert-OH is 1. The summed E-state index contributed by atoms with van der Waals surface area (Å²) in [4.78, 5) is 4.06. The van der Waals surface area contributed by atoms with Gasteiger partial charge >= 0.3 is 0 Å². The minimum atomic E-state index is -0.548. The number of rotatable bonds is 2. The number of hydrogen-bond acceptors (Lipinski definition) is 3. The summed E-state index contributed by atoms with van der Waals surface area (Å²) in [7, 11) is 0. The molecule has 0 aliphatic heterocycles. The molecule has 0 fully saturated rings. The van der Waals surface area contributed by atoms with Gasteiger partial charge in [0.05, 0.1) is 0 Å². The summed E-state index contributed by atoms with van der Waals surface area (Å²) in [5.74, 6) is 0. The number of nitrogens with zero attached hydrogens (tertiary/aromatic N) is 1. The zero-order valence-electron chi connectivity index (χ0n) is 7.84. The van der Waals surface area contributed by atoms with Crippen molar-refractivity contribution in [1.29, 1.82) is 0 Å². The van der Waals surface area contributed by atoms with Crippen molar-refractivity contribution in [2.45, 2.75) is 13.0 Å². The molecule has 2 rings (SSSR count). The maximum absolute atomic E-state index is 9.97. The first-order chi connectivity index (χ1) is 6.77. The zero-order valence-corrected chi connectivity index (χ0v) is 8.66. The Kier molecular flexibility index (Phi) is 2.61. The van der Waals surface area contributed by atoms with Gasteiger partial charge in [-0.2, -0.15) is 11.3 Å². The van der Waals surface area contributed by atoms with Gasteiger partial charge < -0.3 is 5.11 Å². The summed E-state index contributed by atoms with van der Waals surface area (Å²) >= 11 is 1.59. The third-order valence-electron chi connectivity index (χ3n) is 2.07. The van der Waals surface area contributed by atoms with Crippen molar-refractivity contribution in [2.24, 2.45) is 0 Å². The van der Waals surface area contributed by atoms with Crippen LogP contribution in [0.25, 0.3) is 0 Å². The molecule has 3 heteroatoms. The van der Waals surface area contributed by atoms with Crippen LogP contribution in [0, 0.1) is 6.92 Å². The summed E-state index contributed by atoms with van der Waals surface area (Å²) in [6.07, 6.45) is 2.94. The van der Waals surface area contributed by atoms with E-state index in [-0.39, 0.29) is 0 Å². The molecule has 2 aromatic heterocycles. The van der Waals surface area contributed by atoms with Crippen molar-refractivity contribution >= 4 is 11.3 Å². The average Bonchev–Trinajstić information content (AvgIpc) is 2.69. The monoisotopic (exact) mass is 205 g/mol. The van der Waals surface area contributed by atoms with E-state index in [0.717, 1.165) is 16.7 Å². The Morgan fingerprint density at radius 1 is 1.36 bits per heavy atom. The summed E-state index contributed by atoms with van der Waals surface area (Å²) in [5, 5.41) is 13.9. The molecule has 0 saturated heterocycles. The second-order valence-electron chi connectivity index (χ2n) is 3.25. The summed E-state index contributed by atoms with van der Waals surface area (Å²) < 4.78 is 0. The molecule has 1 N–H and O–H groups in total. The van der Waals surface area contributed by atoms with Crippen molar-refractivity contribution < 1.29 is 5.11 Å². The van der Waals surface area contributed by atoms with E-state index in [4.69, 9.17) is 0 Å². The molecule has 0 radical (unpaired) electrons. The Bertz CT molecular complexity index is 411. The molecular weight excluding hydrogens is 194 g/mol. The van der Waals surface area contributed by atoms with Gasteiger partial charge in [0.2, 0.25) is 0 Å². The average molecular weight is 205 g/mol. The van der Waals surface area contributed by atoms with E-state index in [1.807, 2.05) is 29.8 Å². The van der Waals surface area contributed by atoms with E-state index < -0.39 is 6.10 Å². The van der Waals surface area contributed by atoms with E-state index in [2.05, 4.69) is 4.98 Å². The van der Waals surface area contributed by atoms with Crippen LogP contribution in [0.4, 0.5) is 0 Å².